The summed E-state index contributed by atoms with van der Waals surface area (Å²) in [5, 5.41) is 11.9. The number of hydrogen-bond donors (Lipinski definition) is 1. The Balaban J connectivity index is 2.65. The molecule has 0 aliphatic rings. The monoisotopic (exact) mass is 216 g/mol. The van der Waals surface area contributed by atoms with Crippen LogP contribution in [-0.4, -0.2) is 12.6 Å². The molecule has 0 fully saturated rings. The molecule has 0 aliphatic carbocycles. The average Bonchev–Trinajstić information content (AvgIpc) is 2.21. The van der Waals surface area contributed by atoms with E-state index in [2.05, 4.69) is 44.3 Å². The van der Waals surface area contributed by atoms with Gasteiger partial charge in [-0.15, -0.1) is 0 Å². The fourth-order valence-electron chi connectivity index (χ4n) is 2.06. The Kier molecular flexibility index (Phi) is 4.52. The van der Waals surface area contributed by atoms with Crippen molar-refractivity contribution in [2.75, 3.05) is 6.54 Å². The molecule has 0 heterocycles. The lowest BCUT2D eigenvalue weighted by Crippen LogP contribution is -2.26. The minimum atomic E-state index is -0.0638. The van der Waals surface area contributed by atoms with Crippen molar-refractivity contribution < 1.29 is 0 Å². The Morgan fingerprint density at radius 3 is 2.31 bits per heavy atom. The highest BCUT2D eigenvalue weighted by Crippen LogP contribution is 2.16. The maximum Gasteiger partial charge on any atom is 0.0924 e. The number of nitrogens with zero attached hydrogens (tertiary/aromatic N) is 1. The van der Waals surface area contributed by atoms with Crippen molar-refractivity contribution in [2.45, 2.75) is 40.2 Å². The van der Waals surface area contributed by atoms with Crippen LogP contribution in [0.15, 0.2) is 12.1 Å². The largest absolute Gasteiger partial charge is 0.302 e. The molecule has 0 aromatic heterocycles. The quantitative estimate of drug-likeness (QED) is 0.840. The molecule has 1 aromatic carbocycles. The van der Waals surface area contributed by atoms with E-state index in [4.69, 9.17) is 5.26 Å². The molecule has 1 unspecified atom stereocenters. The van der Waals surface area contributed by atoms with Gasteiger partial charge in [0.25, 0.3) is 0 Å². The molecule has 2 nitrogen and oxygen atoms in total. The van der Waals surface area contributed by atoms with Gasteiger partial charge >= 0.3 is 0 Å². The molecule has 1 aromatic rings. The molecule has 0 spiro atoms. The minimum absolute atomic E-state index is 0.0638. The van der Waals surface area contributed by atoms with Crippen molar-refractivity contribution in [1.29, 1.82) is 5.26 Å². The first-order valence-electron chi connectivity index (χ1n) is 5.74. The maximum absolute atomic E-state index is 8.67. The molecule has 16 heavy (non-hydrogen) atoms. The molecule has 1 rings (SSSR count). The lowest BCUT2D eigenvalue weighted by atomic mass is 9.97. The molecular weight excluding hydrogens is 196 g/mol. The number of benzene rings is 1. The van der Waals surface area contributed by atoms with Crippen molar-refractivity contribution in [3.63, 3.8) is 0 Å². The molecule has 2 heteroatoms. The van der Waals surface area contributed by atoms with E-state index < -0.39 is 0 Å². The molecule has 86 valence electrons. The summed E-state index contributed by atoms with van der Waals surface area (Å²) in [6.45, 7) is 9.18. The van der Waals surface area contributed by atoms with Crippen LogP contribution in [-0.2, 0) is 6.42 Å². The zero-order chi connectivity index (χ0) is 12.1. The van der Waals surface area contributed by atoms with Gasteiger partial charge in [0, 0.05) is 6.54 Å². The second kappa shape index (κ2) is 5.67. The zero-order valence-electron chi connectivity index (χ0n) is 10.6. The summed E-state index contributed by atoms with van der Waals surface area (Å²) in [4.78, 5) is 0. The van der Waals surface area contributed by atoms with Crippen LogP contribution in [0, 0.1) is 32.1 Å². The van der Waals surface area contributed by atoms with E-state index in [0.717, 1.165) is 13.0 Å². The third kappa shape index (κ3) is 3.36. The molecular formula is C14H20N2. The third-order valence-electron chi connectivity index (χ3n) is 2.86. The van der Waals surface area contributed by atoms with Gasteiger partial charge in [-0.3, -0.25) is 0 Å². The second-order valence-electron chi connectivity index (χ2n) is 4.43. The summed E-state index contributed by atoms with van der Waals surface area (Å²) >= 11 is 0. The molecule has 0 saturated carbocycles. The van der Waals surface area contributed by atoms with E-state index in [1.165, 1.54) is 22.3 Å². The van der Waals surface area contributed by atoms with Crippen LogP contribution in [0.3, 0.4) is 0 Å². The highest BCUT2D eigenvalue weighted by atomic mass is 14.9. The number of rotatable bonds is 4. The van der Waals surface area contributed by atoms with Gasteiger partial charge in [-0.05, 0) is 50.8 Å². The predicted octanol–water partition coefficient (Wildman–Crippen LogP) is 2.66. The van der Waals surface area contributed by atoms with Crippen molar-refractivity contribution in [2.24, 2.45) is 0 Å². The SMILES string of the molecule is Cc1cc(C)c(CCNC(C)C#N)c(C)c1. The molecule has 0 saturated heterocycles. The van der Waals surface area contributed by atoms with Crippen molar-refractivity contribution in [3.05, 3.63) is 34.4 Å². The van der Waals surface area contributed by atoms with Gasteiger partial charge in [-0.2, -0.15) is 5.26 Å². The van der Waals surface area contributed by atoms with Crippen molar-refractivity contribution in [1.82, 2.24) is 5.32 Å². The lowest BCUT2D eigenvalue weighted by molar-refractivity contribution is 0.638. The van der Waals surface area contributed by atoms with E-state index in [-0.39, 0.29) is 6.04 Å². The number of nitrogens with one attached hydrogen (secondary N) is 1. The molecule has 0 radical (unpaired) electrons. The summed E-state index contributed by atoms with van der Waals surface area (Å²) in [5.74, 6) is 0. The summed E-state index contributed by atoms with van der Waals surface area (Å²) in [5.41, 5.74) is 5.42. The van der Waals surface area contributed by atoms with E-state index >= 15 is 0 Å². The third-order valence-corrected chi connectivity index (χ3v) is 2.86. The molecule has 0 aliphatic heterocycles. The van der Waals surface area contributed by atoms with Gasteiger partial charge in [0.15, 0.2) is 0 Å². The number of nitriles is 1. The van der Waals surface area contributed by atoms with Gasteiger partial charge in [0.2, 0.25) is 0 Å². The molecule has 0 amide bonds. The average molecular weight is 216 g/mol. The normalized spacial score (nSPS) is 12.2. The summed E-state index contributed by atoms with van der Waals surface area (Å²) in [6.07, 6.45) is 0.990. The van der Waals surface area contributed by atoms with Crippen LogP contribution >= 0.6 is 0 Å². The van der Waals surface area contributed by atoms with E-state index in [0.29, 0.717) is 0 Å². The minimum Gasteiger partial charge on any atom is -0.302 e. The van der Waals surface area contributed by atoms with Crippen molar-refractivity contribution in [3.8, 4) is 6.07 Å². The fraction of sp³-hybridized carbons (Fsp3) is 0.500. The smallest absolute Gasteiger partial charge is 0.0924 e. The van der Waals surface area contributed by atoms with Crippen LogP contribution in [0.4, 0.5) is 0 Å². The Morgan fingerprint density at radius 2 is 1.81 bits per heavy atom. The van der Waals surface area contributed by atoms with Gasteiger partial charge in [0.05, 0.1) is 12.1 Å². The van der Waals surface area contributed by atoms with Crippen LogP contribution in [0.2, 0.25) is 0 Å². The van der Waals surface area contributed by atoms with Crippen LogP contribution < -0.4 is 5.32 Å². The zero-order valence-corrected chi connectivity index (χ0v) is 10.6. The molecule has 0 bridgehead atoms. The number of aryl methyl sites for hydroxylation is 3. The summed E-state index contributed by atoms with van der Waals surface area (Å²) in [7, 11) is 0. The van der Waals surface area contributed by atoms with Crippen LogP contribution in [0.1, 0.15) is 29.2 Å². The van der Waals surface area contributed by atoms with Crippen LogP contribution in [0.25, 0.3) is 0 Å². The fourth-order valence-corrected chi connectivity index (χ4v) is 2.06. The van der Waals surface area contributed by atoms with E-state index in [1.54, 1.807) is 0 Å². The maximum atomic E-state index is 8.67. The van der Waals surface area contributed by atoms with Gasteiger partial charge in [-0.1, -0.05) is 17.7 Å². The van der Waals surface area contributed by atoms with Gasteiger partial charge in [0.1, 0.15) is 0 Å². The van der Waals surface area contributed by atoms with Gasteiger partial charge < -0.3 is 5.32 Å². The topological polar surface area (TPSA) is 35.8 Å². The summed E-state index contributed by atoms with van der Waals surface area (Å²) in [6, 6.07) is 6.55. The Bertz CT molecular complexity index is 379. The summed E-state index contributed by atoms with van der Waals surface area (Å²) < 4.78 is 0. The van der Waals surface area contributed by atoms with Crippen molar-refractivity contribution >= 4 is 0 Å². The standard InChI is InChI=1S/C14H20N2/c1-10-7-11(2)14(12(3)8-10)5-6-16-13(4)9-15/h7-8,13,16H,5-6H2,1-4H3. The second-order valence-corrected chi connectivity index (χ2v) is 4.43. The van der Waals surface area contributed by atoms with Crippen LogP contribution in [0.5, 0.6) is 0 Å². The Hall–Kier alpha value is -1.33. The number of hydrogen-bond acceptors (Lipinski definition) is 2. The highest BCUT2D eigenvalue weighted by Gasteiger charge is 2.04. The Morgan fingerprint density at radius 1 is 1.25 bits per heavy atom. The van der Waals surface area contributed by atoms with E-state index in [1.807, 2.05) is 6.92 Å². The first-order valence-corrected chi connectivity index (χ1v) is 5.74. The molecule has 1 N–H and O–H groups in total. The predicted molar refractivity (Wildman–Crippen MR) is 67.4 cm³/mol. The Labute approximate surface area is 98.3 Å². The van der Waals surface area contributed by atoms with E-state index in [9.17, 15) is 0 Å². The molecule has 1 atom stereocenters. The first-order chi connectivity index (χ1) is 7.54. The first kappa shape index (κ1) is 12.7. The highest BCUT2D eigenvalue weighted by molar-refractivity contribution is 5.37. The lowest BCUT2D eigenvalue weighted by Gasteiger charge is -2.12. The van der Waals surface area contributed by atoms with Gasteiger partial charge in [-0.25, -0.2) is 0 Å².